The smallest absolute Gasteiger partial charge is 0.219 e. The highest BCUT2D eigenvalue weighted by Gasteiger charge is 2.28. The number of carbonyl (C=O) groups is 1. The van der Waals surface area contributed by atoms with E-state index in [-0.39, 0.29) is 5.91 Å². The van der Waals surface area contributed by atoms with Crippen molar-refractivity contribution in [2.24, 2.45) is 0 Å². The Bertz CT molecular complexity index is 1510. The van der Waals surface area contributed by atoms with E-state index in [4.69, 9.17) is 9.84 Å². The van der Waals surface area contributed by atoms with Crippen LogP contribution < -0.4 is 9.64 Å². The molecule has 1 amide bonds. The maximum Gasteiger partial charge on any atom is 0.219 e. The van der Waals surface area contributed by atoms with Gasteiger partial charge in [0.05, 0.1) is 31.1 Å². The van der Waals surface area contributed by atoms with Crippen LogP contribution in [0.4, 0.5) is 5.69 Å². The van der Waals surface area contributed by atoms with Gasteiger partial charge >= 0.3 is 0 Å². The van der Waals surface area contributed by atoms with Crippen molar-refractivity contribution in [1.29, 1.82) is 0 Å². The number of nitrogens with zero attached hydrogens (tertiary/aromatic N) is 5. The molecule has 2 aliphatic rings. The standard InChI is InChI=1S/C34H39N5O3/c1-25(40)38-17-16-31-30(24-38)34(28-14-12-27(13-15-28)26-8-4-3-5-9-26)35-39(31)23-29(41)22-36-18-20-37(21-19-36)32-10-6-7-11-33(32)42-2/h3-15,29,41H,16-24H2,1-2H3. The van der Waals surface area contributed by atoms with Gasteiger partial charge in [0.2, 0.25) is 5.91 Å². The zero-order valence-corrected chi connectivity index (χ0v) is 24.4. The van der Waals surface area contributed by atoms with Gasteiger partial charge in [0.1, 0.15) is 5.75 Å². The predicted octanol–water partition coefficient (Wildman–Crippen LogP) is 4.31. The van der Waals surface area contributed by atoms with E-state index in [0.29, 0.717) is 26.2 Å². The summed E-state index contributed by atoms with van der Waals surface area (Å²) in [5.74, 6) is 0.967. The van der Waals surface area contributed by atoms with Gasteiger partial charge in [-0.15, -0.1) is 0 Å². The van der Waals surface area contributed by atoms with Gasteiger partial charge < -0.3 is 19.6 Å². The van der Waals surface area contributed by atoms with Crippen molar-refractivity contribution in [3.63, 3.8) is 0 Å². The van der Waals surface area contributed by atoms with Crippen LogP contribution in [0, 0.1) is 0 Å². The van der Waals surface area contributed by atoms with Crippen LogP contribution in [0.2, 0.25) is 0 Å². The number of fused-ring (bicyclic) bond motifs is 1. The molecule has 0 aliphatic carbocycles. The number of aliphatic hydroxyl groups is 1. The van der Waals surface area contributed by atoms with Gasteiger partial charge in [0.15, 0.2) is 0 Å². The molecular formula is C34H39N5O3. The second-order valence-corrected chi connectivity index (χ2v) is 11.2. The summed E-state index contributed by atoms with van der Waals surface area (Å²) < 4.78 is 7.54. The zero-order valence-electron chi connectivity index (χ0n) is 24.4. The monoisotopic (exact) mass is 565 g/mol. The van der Waals surface area contributed by atoms with Crippen LogP contribution in [-0.4, -0.2) is 83.1 Å². The van der Waals surface area contributed by atoms with E-state index in [1.54, 1.807) is 14.0 Å². The summed E-state index contributed by atoms with van der Waals surface area (Å²) in [5.41, 5.74) is 7.57. The molecule has 0 bridgehead atoms. The molecule has 8 nitrogen and oxygen atoms in total. The van der Waals surface area contributed by atoms with E-state index in [2.05, 4.69) is 52.3 Å². The molecule has 0 saturated carbocycles. The number of β-amino-alcohol motifs (C(OH)–C–C–N with tert-alkyl or cyclic N) is 1. The number of methoxy groups -OCH3 is 1. The van der Waals surface area contributed by atoms with Crippen molar-refractivity contribution in [2.75, 3.05) is 51.3 Å². The first-order chi connectivity index (χ1) is 20.5. The van der Waals surface area contributed by atoms with Crippen LogP contribution in [-0.2, 0) is 24.3 Å². The Morgan fingerprint density at radius 2 is 1.52 bits per heavy atom. The molecule has 1 unspecified atom stereocenters. The molecule has 0 spiro atoms. The Hall–Kier alpha value is -4.14. The highest BCUT2D eigenvalue weighted by atomic mass is 16.5. The van der Waals surface area contributed by atoms with Gasteiger partial charge in [-0.05, 0) is 23.3 Å². The molecule has 4 aromatic rings. The number of ether oxygens (including phenoxy) is 1. The van der Waals surface area contributed by atoms with Gasteiger partial charge in [-0.25, -0.2) is 0 Å². The molecule has 1 N–H and O–H groups in total. The Morgan fingerprint density at radius 3 is 2.24 bits per heavy atom. The molecule has 8 heteroatoms. The van der Waals surface area contributed by atoms with E-state index < -0.39 is 6.10 Å². The number of aliphatic hydroxyl groups excluding tert-OH is 1. The third-order valence-electron chi connectivity index (χ3n) is 8.50. The summed E-state index contributed by atoms with van der Waals surface area (Å²) in [4.78, 5) is 18.8. The number of hydrogen-bond acceptors (Lipinski definition) is 6. The molecule has 6 rings (SSSR count). The molecule has 42 heavy (non-hydrogen) atoms. The van der Waals surface area contributed by atoms with Gasteiger partial charge in [-0.1, -0.05) is 66.7 Å². The van der Waals surface area contributed by atoms with Crippen molar-refractivity contribution in [3.05, 3.63) is 90.1 Å². The lowest BCUT2D eigenvalue weighted by molar-refractivity contribution is -0.129. The Balaban J connectivity index is 1.16. The molecule has 3 heterocycles. The van der Waals surface area contributed by atoms with Crippen molar-refractivity contribution in [3.8, 4) is 28.1 Å². The quantitative estimate of drug-likeness (QED) is 0.343. The predicted molar refractivity (Wildman–Crippen MR) is 166 cm³/mol. The third-order valence-corrected chi connectivity index (χ3v) is 8.50. The van der Waals surface area contributed by atoms with Crippen molar-refractivity contribution >= 4 is 11.6 Å². The highest BCUT2D eigenvalue weighted by Crippen LogP contribution is 2.32. The van der Waals surface area contributed by atoms with E-state index in [1.807, 2.05) is 46.0 Å². The zero-order chi connectivity index (χ0) is 29.1. The normalized spacial score (nSPS) is 16.3. The number of hydrogen-bond donors (Lipinski definition) is 1. The van der Waals surface area contributed by atoms with Crippen LogP contribution in [0.25, 0.3) is 22.4 Å². The Labute approximate surface area is 247 Å². The Kier molecular flexibility index (Phi) is 8.26. The molecule has 1 saturated heterocycles. The first-order valence-electron chi connectivity index (χ1n) is 14.8. The SMILES string of the molecule is COc1ccccc1N1CCN(CC(O)Cn2nc(-c3ccc(-c4ccccc4)cc3)c3c2CCN(C(C)=O)C3)CC1. The number of para-hydroxylation sites is 2. The number of carbonyl (C=O) groups excluding carboxylic acids is 1. The third kappa shape index (κ3) is 5.91. The first-order valence-corrected chi connectivity index (χ1v) is 14.8. The number of amides is 1. The van der Waals surface area contributed by atoms with Crippen LogP contribution >= 0.6 is 0 Å². The average Bonchev–Trinajstić information content (AvgIpc) is 3.39. The Morgan fingerprint density at radius 1 is 0.857 bits per heavy atom. The summed E-state index contributed by atoms with van der Waals surface area (Å²) in [5, 5.41) is 16.2. The lowest BCUT2D eigenvalue weighted by Gasteiger charge is -2.37. The minimum absolute atomic E-state index is 0.0751. The molecule has 0 radical (unpaired) electrons. The number of anilines is 1. The van der Waals surface area contributed by atoms with E-state index in [0.717, 1.165) is 72.1 Å². The lowest BCUT2D eigenvalue weighted by Crippen LogP contribution is -2.49. The topological polar surface area (TPSA) is 74.1 Å². The summed E-state index contributed by atoms with van der Waals surface area (Å²) >= 11 is 0. The fraction of sp³-hybridized carbons (Fsp3) is 0.353. The van der Waals surface area contributed by atoms with Crippen molar-refractivity contribution in [2.45, 2.75) is 32.5 Å². The van der Waals surface area contributed by atoms with Crippen LogP contribution in [0.3, 0.4) is 0 Å². The number of rotatable bonds is 8. The fourth-order valence-corrected chi connectivity index (χ4v) is 6.21. The van der Waals surface area contributed by atoms with Gasteiger partial charge in [-0.3, -0.25) is 14.4 Å². The van der Waals surface area contributed by atoms with Crippen LogP contribution in [0.15, 0.2) is 78.9 Å². The minimum Gasteiger partial charge on any atom is -0.495 e. The molecule has 1 atom stereocenters. The number of aromatic nitrogens is 2. The molecule has 3 aromatic carbocycles. The molecule has 1 aromatic heterocycles. The maximum atomic E-state index is 12.3. The van der Waals surface area contributed by atoms with E-state index >= 15 is 0 Å². The molecule has 1 fully saturated rings. The van der Waals surface area contributed by atoms with Gasteiger partial charge in [-0.2, -0.15) is 5.10 Å². The molecular weight excluding hydrogens is 526 g/mol. The maximum absolute atomic E-state index is 12.3. The van der Waals surface area contributed by atoms with Gasteiger partial charge in [0.25, 0.3) is 0 Å². The first kappa shape index (κ1) is 28.0. The average molecular weight is 566 g/mol. The summed E-state index contributed by atoms with van der Waals surface area (Å²) in [6.45, 7) is 7.37. The second-order valence-electron chi connectivity index (χ2n) is 11.2. The molecule has 218 valence electrons. The minimum atomic E-state index is -0.550. The highest BCUT2D eigenvalue weighted by molar-refractivity contribution is 5.75. The number of benzene rings is 3. The second kappa shape index (κ2) is 12.4. The van der Waals surface area contributed by atoms with Gasteiger partial charge in [0, 0.05) is 76.0 Å². The van der Waals surface area contributed by atoms with Crippen LogP contribution in [0.5, 0.6) is 5.75 Å². The largest absolute Gasteiger partial charge is 0.495 e. The van der Waals surface area contributed by atoms with Crippen LogP contribution in [0.1, 0.15) is 18.2 Å². The van der Waals surface area contributed by atoms with E-state index in [1.165, 1.54) is 5.56 Å². The van der Waals surface area contributed by atoms with E-state index in [9.17, 15) is 9.90 Å². The molecule has 2 aliphatic heterocycles. The summed E-state index contributed by atoms with van der Waals surface area (Å²) in [6, 6.07) is 26.9. The summed E-state index contributed by atoms with van der Waals surface area (Å²) in [6.07, 6.45) is 0.180. The fourth-order valence-electron chi connectivity index (χ4n) is 6.21. The summed E-state index contributed by atoms with van der Waals surface area (Å²) in [7, 11) is 1.71. The van der Waals surface area contributed by atoms with Crippen molar-refractivity contribution < 1.29 is 14.6 Å². The number of piperazine rings is 1. The van der Waals surface area contributed by atoms with Crippen molar-refractivity contribution in [1.82, 2.24) is 19.6 Å². The lowest BCUT2D eigenvalue weighted by atomic mass is 9.98.